The number of nitrogens with zero attached hydrogens (tertiary/aromatic N) is 4. The highest BCUT2D eigenvalue weighted by atomic mass is 16.3. The Balaban J connectivity index is 1.05. The molecule has 15 rings (SSSR count). The molecule has 5 heteroatoms. The van der Waals surface area contributed by atoms with Crippen molar-refractivity contribution >= 4 is 97.6 Å². The molecule has 0 saturated heterocycles. The van der Waals surface area contributed by atoms with E-state index in [1.165, 1.54) is 37.7 Å². The van der Waals surface area contributed by atoms with Crippen LogP contribution in [0.4, 0.5) is 0 Å². The van der Waals surface area contributed by atoms with Crippen molar-refractivity contribution in [2.24, 2.45) is 0 Å². The first-order valence-corrected chi connectivity index (χ1v) is 23.8. The van der Waals surface area contributed by atoms with E-state index in [0.717, 1.165) is 93.4 Å². The molecule has 12 aromatic carbocycles. The maximum Gasteiger partial charge on any atom is 0.164 e. The molecule has 3 heterocycles. The minimum atomic E-state index is 0.585. The van der Waals surface area contributed by atoms with Gasteiger partial charge in [-0.1, -0.05) is 182 Å². The summed E-state index contributed by atoms with van der Waals surface area (Å²) in [6, 6.07) is 82.2. The number of aromatic nitrogens is 4. The molecule has 0 aliphatic rings. The summed E-state index contributed by atoms with van der Waals surface area (Å²) in [5.74, 6) is 1.81. The quantitative estimate of drug-likeness (QED) is 0.162. The summed E-state index contributed by atoms with van der Waals surface area (Å²) in [6.07, 6.45) is 0. The average Bonchev–Trinajstić information content (AvgIpc) is 3.98. The Morgan fingerprint density at radius 3 is 1.64 bits per heavy atom. The third-order valence-electron chi connectivity index (χ3n) is 14.4. The maximum atomic E-state index is 6.74. The van der Waals surface area contributed by atoms with Crippen molar-refractivity contribution in [1.29, 1.82) is 0 Å². The first-order chi connectivity index (χ1) is 34.7. The number of hydrogen-bond acceptors (Lipinski definition) is 4. The lowest BCUT2D eigenvalue weighted by molar-refractivity contribution is 0.669. The van der Waals surface area contributed by atoms with E-state index in [1.54, 1.807) is 0 Å². The largest absolute Gasteiger partial charge is 0.456 e. The second kappa shape index (κ2) is 15.0. The Hall–Kier alpha value is -9.45. The molecular weight excluding hydrogens is 853 g/mol. The molecule has 0 aliphatic heterocycles. The summed E-state index contributed by atoms with van der Waals surface area (Å²) < 4.78 is 9.18. The van der Waals surface area contributed by atoms with E-state index in [9.17, 15) is 0 Å². The van der Waals surface area contributed by atoms with E-state index in [4.69, 9.17) is 19.4 Å². The summed E-state index contributed by atoms with van der Waals surface area (Å²) in [4.78, 5) is 16.2. The first kappa shape index (κ1) is 38.6. The van der Waals surface area contributed by atoms with E-state index in [1.807, 2.05) is 18.2 Å². The molecule has 0 fully saturated rings. The van der Waals surface area contributed by atoms with Gasteiger partial charge in [0.15, 0.2) is 17.5 Å². The third-order valence-corrected chi connectivity index (χ3v) is 14.4. The fourth-order valence-corrected chi connectivity index (χ4v) is 11.3. The monoisotopic (exact) mass is 890 g/mol. The number of benzene rings is 12. The molecule has 0 saturated carbocycles. The Labute approximate surface area is 401 Å². The topological polar surface area (TPSA) is 56.7 Å². The van der Waals surface area contributed by atoms with Crippen LogP contribution in [0, 0.1) is 0 Å². The van der Waals surface area contributed by atoms with Crippen molar-refractivity contribution in [2.45, 2.75) is 0 Å². The van der Waals surface area contributed by atoms with E-state index in [0.29, 0.717) is 17.5 Å². The minimum Gasteiger partial charge on any atom is -0.456 e. The van der Waals surface area contributed by atoms with Crippen molar-refractivity contribution in [3.05, 3.63) is 231 Å². The Morgan fingerprint density at radius 2 is 0.857 bits per heavy atom. The number of para-hydroxylation sites is 1. The van der Waals surface area contributed by atoms with Gasteiger partial charge in [0.25, 0.3) is 0 Å². The van der Waals surface area contributed by atoms with Gasteiger partial charge in [0.2, 0.25) is 0 Å². The van der Waals surface area contributed by atoms with Gasteiger partial charge in [0.1, 0.15) is 11.2 Å². The Bertz CT molecular complexity index is 4620. The summed E-state index contributed by atoms with van der Waals surface area (Å²) >= 11 is 0. The molecule has 0 unspecified atom stereocenters. The fourth-order valence-electron chi connectivity index (χ4n) is 11.3. The van der Waals surface area contributed by atoms with Gasteiger partial charge in [0.05, 0.1) is 16.7 Å². The van der Waals surface area contributed by atoms with Gasteiger partial charge >= 0.3 is 0 Å². The zero-order valence-corrected chi connectivity index (χ0v) is 37.6. The van der Waals surface area contributed by atoms with Crippen LogP contribution in [0.15, 0.2) is 235 Å². The zero-order valence-electron chi connectivity index (χ0n) is 37.6. The van der Waals surface area contributed by atoms with Gasteiger partial charge < -0.3 is 8.98 Å². The van der Waals surface area contributed by atoms with Gasteiger partial charge in [-0.25, -0.2) is 15.0 Å². The highest BCUT2D eigenvalue weighted by Crippen LogP contribution is 2.46. The molecule has 3 aromatic heterocycles. The van der Waals surface area contributed by atoms with Crippen molar-refractivity contribution in [1.82, 2.24) is 19.5 Å². The minimum absolute atomic E-state index is 0.585. The Kier molecular flexibility index (Phi) is 8.29. The smallest absolute Gasteiger partial charge is 0.164 e. The van der Waals surface area contributed by atoms with Crippen molar-refractivity contribution in [2.75, 3.05) is 0 Å². The van der Waals surface area contributed by atoms with Crippen LogP contribution in [-0.4, -0.2) is 19.5 Å². The normalized spacial score (nSPS) is 12.0. The van der Waals surface area contributed by atoms with Crippen molar-refractivity contribution < 1.29 is 4.42 Å². The molecule has 0 aliphatic carbocycles. The molecule has 0 amide bonds. The van der Waals surface area contributed by atoms with E-state index >= 15 is 0 Å². The van der Waals surface area contributed by atoms with E-state index < -0.39 is 0 Å². The van der Waals surface area contributed by atoms with Gasteiger partial charge in [-0.3, -0.25) is 0 Å². The average molecular weight is 891 g/mol. The van der Waals surface area contributed by atoms with Crippen LogP contribution in [0.2, 0.25) is 0 Å². The van der Waals surface area contributed by atoms with Gasteiger partial charge in [-0.2, -0.15) is 0 Å². The molecule has 324 valence electrons. The third kappa shape index (κ3) is 5.76. The molecule has 0 N–H and O–H groups in total. The van der Waals surface area contributed by atoms with Gasteiger partial charge in [0, 0.05) is 49.2 Å². The summed E-state index contributed by atoms with van der Waals surface area (Å²) in [7, 11) is 0. The van der Waals surface area contributed by atoms with Crippen molar-refractivity contribution in [3.63, 3.8) is 0 Å². The molecule has 5 nitrogen and oxygen atoms in total. The predicted molar refractivity (Wildman–Crippen MR) is 291 cm³/mol. The highest BCUT2D eigenvalue weighted by molar-refractivity contribution is 6.28. The van der Waals surface area contributed by atoms with E-state index in [2.05, 4.69) is 217 Å². The summed E-state index contributed by atoms with van der Waals surface area (Å²) in [5.41, 5.74) is 9.81. The fraction of sp³-hybridized carbons (Fsp3) is 0. The number of rotatable bonds is 5. The van der Waals surface area contributed by atoms with Crippen LogP contribution in [0.25, 0.3) is 149 Å². The van der Waals surface area contributed by atoms with Crippen LogP contribution in [0.1, 0.15) is 0 Å². The van der Waals surface area contributed by atoms with Crippen LogP contribution in [0.3, 0.4) is 0 Å². The van der Waals surface area contributed by atoms with Gasteiger partial charge in [-0.15, -0.1) is 0 Å². The number of hydrogen-bond donors (Lipinski definition) is 0. The second-order valence-electron chi connectivity index (χ2n) is 18.2. The molecule has 0 atom stereocenters. The summed E-state index contributed by atoms with van der Waals surface area (Å²) in [5, 5.41) is 16.3. The zero-order chi connectivity index (χ0) is 45.9. The van der Waals surface area contributed by atoms with Crippen molar-refractivity contribution in [3.8, 4) is 51.0 Å². The van der Waals surface area contributed by atoms with Crippen LogP contribution >= 0.6 is 0 Å². The number of fused-ring (bicyclic) bond motifs is 15. The lowest BCUT2D eigenvalue weighted by Gasteiger charge is -2.17. The molecule has 0 spiro atoms. The molecule has 70 heavy (non-hydrogen) atoms. The van der Waals surface area contributed by atoms with E-state index in [-0.39, 0.29) is 0 Å². The Morgan fingerprint density at radius 1 is 0.286 bits per heavy atom. The lowest BCUT2D eigenvalue weighted by atomic mass is 9.91. The molecule has 0 bridgehead atoms. The molecular formula is C65H38N4O. The first-order valence-electron chi connectivity index (χ1n) is 23.8. The maximum absolute atomic E-state index is 6.74. The lowest BCUT2D eigenvalue weighted by Crippen LogP contribution is -2.02. The SMILES string of the molecule is c1ccc(-c2nc(-c3ccc(-n4c5ccccc5c5cc6ccccc6cc54)c(-c4cccc5oc6ccc7ccccc7c6c45)c3)nc(-c3cccc4c5ccccc5c5ccccc5c34)n2)cc1. The van der Waals surface area contributed by atoms with Crippen LogP contribution in [0.5, 0.6) is 0 Å². The van der Waals surface area contributed by atoms with Crippen LogP contribution < -0.4 is 0 Å². The summed E-state index contributed by atoms with van der Waals surface area (Å²) in [6.45, 7) is 0. The second-order valence-corrected chi connectivity index (χ2v) is 18.2. The highest BCUT2D eigenvalue weighted by Gasteiger charge is 2.23. The van der Waals surface area contributed by atoms with Crippen LogP contribution in [-0.2, 0) is 0 Å². The van der Waals surface area contributed by atoms with Gasteiger partial charge in [-0.05, 0) is 103 Å². The number of furan rings is 1. The molecule has 15 aromatic rings. The molecule has 0 radical (unpaired) electrons. The standard InChI is InChI=1S/C65H38N4O/c1-2-17-40(18-3-1)63-66-64(68-65(67-63)52-29-14-27-50-47-23-9-8-22-45(47)46-24-10-11-26-49(46)60(50)52)43-32-34-56(69-55-30-13-12-25-48(55)53-36-41-19-4-5-20-42(41)38-57(53)69)54(37-43)51-28-15-31-58-62(51)61-44-21-7-6-16-39(44)33-35-59(61)70-58/h1-38H. The predicted octanol–water partition coefficient (Wildman–Crippen LogP) is 17.3.